The van der Waals surface area contributed by atoms with E-state index >= 15 is 0 Å². The first-order valence-corrected chi connectivity index (χ1v) is 4.38. The van der Waals surface area contributed by atoms with Crippen molar-refractivity contribution < 1.29 is 0 Å². The van der Waals surface area contributed by atoms with E-state index in [0.29, 0.717) is 16.0 Å². The van der Waals surface area contributed by atoms with Crippen molar-refractivity contribution in [1.29, 1.82) is 0 Å². The van der Waals surface area contributed by atoms with Gasteiger partial charge >= 0.3 is 0 Å². The summed E-state index contributed by atoms with van der Waals surface area (Å²) < 4.78 is 0.457. The number of alkyl halides is 1. The molecule has 0 saturated heterocycles. The molecule has 52 valence electrons. The molecule has 1 rings (SSSR count). The van der Waals surface area contributed by atoms with Crippen molar-refractivity contribution in [2.24, 2.45) is 10.9 Å². The average molecular weight is 238 g/mol. The Labute approximate surface area is 69.3 Å². The van der Waals surface area contributed by atoms with Gasteiger partial charge < -0.3 is 5.32 Å². The molecule has 0 aromatic rings. The van der Waals surface area contributed by atoms with E-state index in [-0.39, 0.29) is 0 Å². The lowest BCUT2D eigenvalue weighted by Gasteiger charge is -2.26. The molecule has 0 aromatic carbocycles. The highest BCUT2D eigenvalue weighted by atomic mass is 127. The second kappa shape index (κ2) is 2.86. The van der Waals surface area contributed by atoms with E-state index in [1.54, 1.807) is 0 Å². The summed E-state index contributed by atoms with van der Waals surface area (Å²) in [5.74, 6) is 0.649. The van der Waals surface area contributed by atoms with E-state index in [4.69, 9.17) is 0 Å². The maximum absolute atomic E-state index is 4.21. The molecule has 0 saturated carbocycles. The minimum absolute atomic E-state index is 0.457. The first-order valence-electron chi connectivity index (χ1n) is 3.13. The molecule has 1 N–H and O–H groups in total. The zero-order chi connectivity index (χ0) is 6.85. The topological polar surface area (TPSA) is 24.4 Å². The van der Waals surface area contributed by atoms with Crippen LogP contribution in [0.25, 0.3) is 0 Å². The third-order valence-corrected chi connectivity index (χ3v) is 3.23. The Hall–Kier alpha value is 0.200. The molecule has 2 nitrogen and oxygen atoms in total. The molecule has 1 aliphatic heterocycles. The van der Waals surface area contributed by atoms with Gasteiger partial charge in [-0.2, -0.15) is 0 Å². The standard InChI is InChI=1S/C6H11IN2/c1-4-5(2)8-3-9-6(4)7/h3-6H,1-2H3,(H,8,9). The Morgan fingerprint density at radius 2 is 2.22 bits per heavy atom. The molecule has 3 heteroatoms. The fourth-order valence-electron chi connectivity index (χ4n) is 0.758. The van der Waals surface area contributed by atoms with E-state index in [1.807, 2.05) is 6.34 Å². The summed E-state index contributed by atoms with van der Waals surface area (Å²) in [4.78, 5) is 4.21. The summed E-state index contributed by atoms with van der Waals surface area (Å²) in [7, 11) is 0. The molecule has 1 aliphatic rings. The smallest absolute Gasteiger partial charge is 0.107 e. The fourth-order valence-corrected chi connectivity index (χ4v) is 1.54. The van der Waals surface area contributed by atoms with Crippen molar-refractivity contribution in [1.82, 2.24) is 5.32 Å². The lowest BCUT2D eigenvalue weighted by molar-refractivity contribution is 0.434. The second-order valence-electron chi connectivity index (χ2n) is 2.47. The number of nitrogens with one attached hydrogen (secondary N) is 1. The summed E-state index contributed by atoms with van der Waals surface area (Å²) in [5.41, 5.74) is 0. The van der Waals surface area contributed by atoms with Crippen LogP contribution in [-0.2, 0) is 0 Å². The lowest BCUT2D eigenvalue weighted by Crippen LogP contribution is -2.39. The number of nitrogens with zero attached hydrogens (tertiary/aromatic N) is 1. The van der Waals surface area contributed by atoms with E-state index in [9.17, 15) is 0 Å². The molecule has 0 spiro atoms. The Balaban J connectivity index is 2.58. The average Bonchev–Trinajstić information content (AvgIpc) is 1.83. The van der Waals surface area contributed by atoms with E-state index in [0.717, 1.165) is 0 Å². The monoisotopic (exact) mass is 238 g/mol. The maximum Gasteiger partial charge on any atom is 0.107 e. The first-order chi connectivity index (χ1) is 4.22. The van der Waals surface area contributed by atoms with E-state index < -0.39 is 0 Å². The third-order valence-electron chi connectivity index (χ3n) is 1.78. The number of hydrogen-bond acceptors (Lipinski definition) is 2. The quantitative estimate of drug-likeness (QED) is 0.385. The van der Waals surface area contributed by atoms with Crippen molar-refractivity contribution in [3.8, 4) is 0 Å². The van der Waals surface area contributed by atoms with Gasteiger partial charge in [0.2, 0.25) is 0 Å². The van der Waals surface area contributed by atoms with Crippen LogP contribution in [0.2, 0.25) is 0 Å². The van der Waals surface area contributed by atoms with Gasteiger partial charge in [-0.05, 0) is 6.92 Å². The minimum Gasteiger partial charge on any atom is -0.374 e. The molecule has 0 fully saturated rings. The summed E-state index contributed by atoms with van der Waals surface area (Å²) >= 11 is 2.36. The Bertz CT molecular complexity index is 124. The van der Waals surface area contributed by atoms with Crippen LogP contribution >= 0.6 is 22.6 Å². The lowest BCUT2D eigenvalue weighted by atomic mass is 10.0. The highest BCUT2D eigenvalue weighted by molar-refractivity contribution is 14.1. The molecular weight excluding hydrogens is 227 g/mol. The number of rotatable bonds is 0. The van der Waals surface area contributed by atoms with Crippen LogP contribution in [-0.4, -0.2) is 16.4 Å². The highest BCUT2D eigenvalue weighted by Crippen LogP contribution is 2.19. The Morgan fingerprint density at radius 1 is 1.56 bits per heavy atom. The van der Waals surface area contributed by atoms with Crippen molar-refractivity contribution in [3.63, 3.8) is 0 Å². The Morgan fingerprint density at radius 3 is 2.67 bits per heavy atom. The molecule has 0 radical (unpaired) electrons. The van der Waals surface area contributed by atoms with E-state index in [2.05, 4.69) is 46.7 Å². The summed E-state index contributed by atoms with van der Waals surface area (Å²) in [6.07, 6.45) is 1.81. The van der Waals surface area contributed by atoms with E-state index in [1.165, 1.54) is 0 Å². The predicted molar refractivity (Wildman–Crippen MR) is 48.1 cm³/mol. The van der Waals surface area contributed by atoms with Crippen LogP contribution in [0.5, 0.6) is 0 Å². The van der Waals surface area contributed by atoms with Crippen molar-refractivity contribution >= 4 is 28.9 Å². The molecule has 0 bridgehead atoms. The molecule has 0 aromatic heterocycles. The summed E-state index contributed by atoms with van der Waals surface area (Å²) in [6, 6.07) is 0.574. The molecular formula is C6H11IN2. The SMILES string of the molecule is CC1NC=NC(I)C1C. The molecule has 1 heterocycles. The molecule has 3 unspecified atom stereocenters. The number of aliphatic imine (C=N–C) groups is 1. The van der Waals surface area contributed by atoms with Gasteiger partial charge in [-0.15, -0.1) is 0 Å². The van der Waals surface area contributed by atoms with Gasteiger partial charge in [-0.25, -0.2) is 0 Å². The van der Waals surface area contributed by atoms with Gasteiger partial charge in [0.25, 0.3) is 0 Å². The van der Waals surface area contributed by atoms with Crippen molar-refractivity contribution in [2.75, 3.05) is 0 Å². The van der Waals surface area contributed by atoms with Crippen LogP contribution in [0.3, 0.4) is 0 Å². The highest BCUT2D eigenvalue weighted by Gasteiger charge is 2.21. The zero-order valence-electron chi connectivity index (χ0n) is 5.63. The maximum atomic E-state index is 4.21. The zero-order valence-corrected chi connectivity index (χ0v) is 7.79. The third kappa shape index (κ3) is 1.56. The number of halogens is 1. The van der Waals surface area contributed by atoms with Crippen LogP contribution in [0.4, 0.5) is 0 Å². The predicted octanol–water partition coefficient (Wildman–Crippen LogP) is 1.40. The van der Waals surface area contributed by atoms with Gasteiger partial charge in [0.1, 0.15) is 4.05 Å². The first kappa shape index (κ1) is 7.31. The molecule has 0 amide bonds. The van der Waals surface area contributed by atoms with Crippen molar-refractivity contribution in [3.05, 3.63) is 0 Å². The fraction of sp³-hybridized carbons (Fsp3) is 0.833. The molecule has 3 atom stereocenters. The second-order valence-corrected chi connectivity index (χ2v) is 3.74. The van der Waals surface area contributed by atoms with Crippen LogP contribution in [0.15, 0.2) is 4.99 Å². The van der Waals surface area contributed by atoms with Crippen LogP contribution in [0, 0.1) is 5.92 Å². The van der Waals surface area contributed by atoms with Gasteiger partial charge in [-0.1, -0.05) is 29.5 Å². The molecule has 0 aliphatic carbocycles. The largest absolute Gasteiger partial charge is 0.374 e. The normalized spacial score (nSPS) is 42.3. The van der Waals surface area contributed by atoms with Gasteiger partial charge in [0, 0.05) is 12.0 Å². The summed E-state index contributed by atoms with van der Waals surface area (Å²) in [5, 5.41) is 3.17. The van der Waals surface area contributed by atoms with Gasteiger partial charge in [-0.3, -0.25) is 4.99 Å². The number of hydrogen-bond donors (Lipinski definition) is 1. The summed E-state index contributed by atoms with van der Waals surface area (Å²) in [6.45, 7) is 4.40. The minimum atomic E-state index is 0.457. The van der Waals surface area contributed by atoms with Crippen LogP contribution in [0.1, 0.15) is 13.8 Å². The Kier molecular flexibility index (Phi) is 2.32. The van der Waals surface area contributed by atoms with Gasteiger partial charge in [0.05, 0.1) is 6.34 Å². The van der Waals surface area contributed by atoms with Crippen LogP contribution < -0.4 is 5.32 Å². The van der Waals surface area contributed by atoms with Crippen molar-refractivity contribution in [2.45, 2.75) is 23.9 Å². The molecule has 9 heavy (non-hydrogen) atoms. The van der Waals surface area contributed by atoms with Gasteiger partial charge in [0.15, 0.2) is 0 Å².